The Kier molecular flexibility index (Phi) is 3.35. The molecule has 0 saturated heterocycles. The van der Waals surface area contributed by atoms with Crippen molar-refractivity contribution in [2.75, 3.05) is 34.8 Å². The number of ether oxygens (including phenoxy) is 1. The van der Waals surface area contributed by atoms with E-state index in [1.807, 2.05) is 12.1 Å². The average molecular weight is 247 g/mol. The molecule has 0 aliphatic rings. The zero-order valence-corrected chi connectivity index (χ0v) is 12.0. The van der Waals surface area contributed by atoms with Crippen molar-refractivity contribution in [3.8, 4) is 5.75 Å². The van der Waals surface area contributed by atoms with Crippen molar-refractivity contribution in [3.05, 3.63) is 30.0 Å². The highest BCUT2D eigenvalue weighted by Gasteiger charge is 2.14. The fraction of sp³-hybridized carbons (Fsp3) is 0.467. The Hall–Kier alpha value is -1.48. The van der Waals surface area contributed by atoms with Gasteiger partial charge in [0.2, 0.25) is 0 Å². The minimum atomic E-state index is 0.976. The summed E-state index contributed by atoms with van der Waals surface area (Å²) in [5.74, 6) is 0.976. The van der Waals surface area contributed by atoms with Crippen LogP contribution in [0.25, 0.3) is 10.9 Å². The fourth-order valence-electron chi connectivity index (χ4n) is 2.32. The normalized spacial score (nSPS) is 12.1. The van der Waals surface area contributed by atoms with Crippen LogP contribution in [0.2, 0.25) is 0 Å². The van der Waals surface area contributed by atoms with Crippen LogP contribution in [-0.4, -0.2) is 43.8 Å². The number of aryl methyl sites for hydroxylation is 1. The average Bonchev–Trinajstić information content (AvgIpc) is 2.63. The Morgan fingerprint density at radius 1 is 1.22 bits per heavy atom. The zero-order chi connectivity index (χ0) is 13.3. The first-order valence-electron chi connectivity index (χ1n) is 6.34. The molecule has 1 heterocycles. The van der Waals surface area contributed by atoms with Crippen LogP contribution in [0.1, 0.15) is 5.56 Å². The molecule has 1 aromatic heterocycles. The number of quaternary nitrogens is 1. The van der Waals surface area contributed by atoms with Crippen molar-refractivity contribution in [2.24, 2.45) is 7.05 Å². The van der Waals surface area contributed by atoms with E-state index < -0.39 is 0 Å². The van der Waals surface area contributed by atoms with Gasteiger partial charge in [0, 0.05) is 25.1 Å². The second-order valence-electron chi connectivity index (χ2n) is 5.88. The van der Waals surface area contributed by atoms with Gasteiger partial charge >= 0.3 is 0 Å². The number of rotatable bonds is 4. The first-order valence-corrected chi connectivity index (χ1v) is 6.34. The molecule has 0 aliphatic heterocycles. The summed E-state index contributed by atoms with van der Waals surface area (Å²) >= 11 is 0. The second kappa shape index (κ2) is 4.65. The van der Waals surface area contributed by atoms with E-state index in [1.165, 1.54) is 16.5 Å². The molecule has 3 nitrogen and oxygen atoms in total. The maximum atomic E-state index is 5.49. The molecule has 0 bridgehead atoms. The summed E-state index contributed by atoms with van der Waals surface area (Å²) in [6.45, 7) is 1.12. The maximum Gasteiger partial charge on any atom is 0.128 e. The topological polar surface area (TPSA) is 14.2 Å². The summed E-state index contributed by atoms with van der Waals surface area (Å²) in [5.41, 5.74) is 2.61. The SMILES string of the molecule is COc1cccc2c1c(CC[N+](C)(C)C)cn2C. The van der Waals surface area contributed by atoms with Gasteiger partial charge in [-0.1, -0.05) is 6.07 Å². The summed E-state index contributed by atoms with van der Waals surface area (Å²) < 4.78 is 8.66. The fourth-order valence-corrected chi connectivity index (χ4v) is 2.32. The van der Waals surface area contributed by atoms with Gasteiger partial charge < -0.3 is 13.8 Å². The second-order valence-corrected chi connectivity index (χ2v) is 5.88. The molecular formula is C15H23N2O+. The van der Waals surface area contributed by atoms with Crippen LogP contribution in [0.15, 0.2) is 24.4 Å². The molecule has 18 heavy (non-hydrogen) atoms. The highest BCUT2D eigenvalue weighted by molar-refractivity contribution is 5.90. The molecule has 0 atom stereocenters. The van der Waals surface area contributed by atoms with E-state index >= 15 is 0 Å². The molecule has 0 aliphatic carbocycles. The third-order valence-corrected chi connectivity index (χ3v) is 3.33. The Morgan fingerprint density at radius 2 is 1.94 bits per heavy atom. The first kappa shape index (κ1) is 13.0. The van der Waals surface area contributed by atoms with Crippen LogP contribution < -0.4 is 4.74 Å². The van der Waals surface area contributed by atoms with E-state index in [1.54, 1.807) is 7.11 Å². The highest BCUT2D eigenvalue weighted by atomic mass is 16.5. The molecule has 0 unspecified atom stereocenters. The molecule has 0 saturated carbocycles. The Labute approximate surface area is 109 Å². The van der Waals surface area contributed by atoms with E-state index in [4.69, 9.17) is 4.74 Å². The molecule has 0 fully saturated rings. The summed E-state index contributed by atoms with van der Waals surface area (Å²) in [6.07, 6.45) is 3.30. The van der Waals surface area contributed by atoms with Gasteiger partial charge in [-0.25, -0.2) is 0 Å². The number of fused-ring (bicyclic) bond motifs is 1. The third kappa shape index (κ3) is 2.51. The molecule has 1 aromatic carbocycles. The quantitative estimate of drug-likeness (QED) is 0.757. The smallest absolute Gasteiger partial charge is 0.128 e. The first-order chi connectivity index (χ1) is 8.42. The minimum Gasteiger partial charge on any atom is -0.496 e. The summed E-state index contributed by atoms with van der Waals surface area (Å²) in [6, 6.07) is 6.23. The number of hydrogen-bond acceptors (Lipinski definition) is 1. The molecule has 98 valence electrons. The van der Waals surface area contributed by atoms with Crippen LogP contribution in [0.5, 0.6) is 5.75 Å². The van der Waals surface area contributed by atoms with Gasteiger partial charge in [-0.2, -0.15) is 0 Å². The lowest BCUT2D eigenvalue weighted by atomic mass is 10.1. The lowest BCUT2D eigenvalue weighted by Crippen LogP contribution is -2.36. The van der Waals surface area contributed by atoms with Gasteiger partial charge in [0.25, 0.3) is 0 Å². The molecule has 2 aromatic rings. The summed E-state index contributed by atoms with van der Waals surface area (Å²) in [7, 11) is 10.5. The molecule has 2 rings (SSSR count). The number of nitrogens with zero attached hydrogens (tertiary/aromatic N) is 2. The highest BCUT2D eigenvalue weighted by Crippen LogP contribution is 2.30. The third-order valence-electron chi connectivity index (χ3n) is 3.33. The van der Waals surface area contributed by atoms with Gasteiger partial charge in [0.1, 0.15) is 5.75 Å². The number of aromatic nitrogens is 1. The standard InChI is InChI=1S/C15H23N2O/c1-16-11-12(9-10-17(2,3)4)15-13(16)7-6-8-14(15)18-5/h6-8,11H,9-10H2,1-5H3/q+1. The summed E-state index contributed by atoms with van der Waals surface area (Å²) in [5, 5.41) is 1.26. The van der Waals surface area contributed by atoms with E-state index in [-0.39, 0.29) is 0 Å². The Morgan fingerprint density at radius 3 is 2.56 bits per heavy atom. The predicted molar refractivity (Wildman–Crippen MR) is 76.1 cm³/mol. The van der Waals surface area contributed by atoms with Crippen LogP contribution in [-0.2, 0) is 13.5 Å². The zero-order valence-electron chi connectivity index (χ0n) is 12.0. The monoisotopic (exact) mass is 247 g/mol. The van der Waals surface area contributed by atoms with Crippen LogP contribution in [0, 0.1) is 0 Å². The van der Waals surface area contributed by atoms with E-state index in [2.05, 4.69) is 45.0 Å². The minimum absolute atomic E-state index is 0.976. The number of likely N-dealkylation sites (N-methyl/N-ethyl adjacent to an activating group) is 1. The maximum absolute atomic E-state index is 5.49. The van der Waals surface area contributed by atoms with Gasteiger partial charge in [-0.15, -0.1) is 0 Å². The van der Waals surface area contributed by atoms with Crippen molar-refractivity contribution in [2.45, 2.75) is 6.42 Å². The van der Waals surface area contributed by atoms with Crippen molar-refractivity contribution >= 4 is 10.9 Å². The largest absolute Gasteiger partial charge is 0.496 e. The Balaban J connectivity index is 2.44. The van der Waals surface area contributed by atoms with Gasteiger partial charge in [0.15, 0.2) is 0 Å². The van der Waals surface area contributed by atoms with Crippen LogP contribution >= 0.6 is 0 Å². The molecule has 3 heteroatoms. The lowest BCUT2D eigenvalue weighted by molar-refractivity contribution is -0.870. The van der Waals surface area contributed by atoms with Crippen molar-refractivity contribution in [1.29, 1.82) is 0 Å². The molecule has 0 radical (unpaired) electrons. The van der Waals surface area contributed by atoms with E-state index in [0.717, 1.165) is 23.2 Å². The van der Waals surface area contributed by atoms with Crippen molar-refractivity contribution in [3.63, 3.8) is 0 Å². The van der Waals surface area contributed by atoms with E-state index in [0.29, 0.717) is 0 Å². The van der Waals surface area contributed by atoms with Crippen LogP contribution in [0.4, 0.5) is 0 Å². The van der Waals surface area contributed by atoms with Gasteiger partial charge in [-0.05, 0) is 17.7 Å². The molecule has 0 spiro atoms. The lowest BCUT2D eigenvalue weighted by Gasteiger charge is -2.23. The van der Waals surface area contributed by atoms with Crippen LogP contribution in [0.3, 0.4) is 0 Å². The molecule has 0 amide bonds. The molecule has 0 N–H and O–H groups in total. The number of methoxy groups -OCH3 is 1. The van der Waals surface area contributed by atoms with Crippen molar-refractivity contribution in [1.82, 2.24) is 4.57 Å². The predicted octanol–water partition coefficient (Wildman–Crippen LogP) is 2.44. The van der Waals surface area contributed by atoms with Gasteiger partial charge in [0.05, 0.1) is 40.3 Å². The van der Waals surface area contributed by atoms with Gasteiger partial charge in [-0.3, -0.25) is 0 Å². The summed E-state index contributed by atoms with van der Waals surface area (Å²) in [4.78, 5) is 0. The Bertz CT molecular complexity index is 549. The molecular weight excluding hydrogens is 224 g/mol. The van der Waals surface area contributed by atoms with Crippen molar-refractivity contribution < 1.29 is 9.22 Å². The number of hydrogen-bond donors (Lipinski definition) is 0. The van der Waals surface area contributed by atoms with E-state index in [9.17, 15) is 0 Å². The number of benzene rings is 1.